The van der Waals surface area contributed by atoms with Crippen molar-refractivity contribution in [3.63, 3.8) is 0 Å². The number of benzene rings is 1. The molecule has 128 valence electrons. The van der Waals surface area contributed by atoms with Crippen LogP contribution in [-0.2, 0) is 4.79 Å². The zero-order valence-corrected chi connectivity index (χ0v) is 15.7. The number of hydrogen-bond donors (Lipinski definition) is 1. The van der Waals surface area contributed by atoms with E-state index in [1.54, 1.807) is 0 Å². The van der Waals surface area contributed by atoms with Crippen molar-refractivity contribution in [3.05, 3.63) is 52.2 Å². The summed E-state index contributed by atoms with van der Waals surface area (Å²) in [5.41, 5.74) is 2.57. The number of amides is 1. The molecule has 0 fully saturated rings. The lowest BCUT2D eigenvalue weighted by molar-refractivity contribution is -0.115. The fraction of sp³-hybridized carbons (Fsp3) is 0.316. The largest absolute Gasteiger partial charge is 0.352 e. The molecule has 2 rings (SSSR count). The fourth-order valence-corrected chi connectivity index (χ4v) is 3.38. The van der Waals surface area contributed by atoms with Crippen LogP contribution < -0.4 is 5.32 Å². The predicted octanol–water partition coefficient (Wildman–Crippen LogP) is 4.54. The van der Waals surface area contributed by atoms with Crippen molar-refractivity contribution in [2.45, 2.75) is 12.8 Å². The topological polar surface area (TPSA) is 32.3 Å². The van der Waals surface area contributed by atoms with Crippen LogP contribution in [0.15, 0.2) is 42.3 Å². The van der Waals surface area contributed by atoms with Gasteiger partial charge in [-0.2, -0.15) is 0 Å². The summed E-state index contributed by atoms with van der Waals surface area (Å²) in [6.45, 7) is 5.70. The molecule has 1 aromatic carbocycles. The molecule has 0 spiro atoms. The third-order valence-electron chi connectivity index (χ3n) is 3.69. The summed E-state index contributed by atoms with van der Waals surface area (Å²) in [6.07, 6.45) is 2.03. The first-order valence-electron chi connectivity index (χ1n) is 7.94. The number of nitrogens with zero attached hydrogens (tertiary/aromatic N) is 1. The van der Waals surface area contributed by atoms with Crippen molar-refractivity contribution < 1.29 is 4.79 Å². The summed E-state index contributed by atoms with van der Waals surface area (Å²) in [6, 6.07) is 9.64. The average molecular weight is 363 g/mol. The van der Waals surface area contributed by atoms with Crippen LogP contribution >= 0.6 is 22.9 Å². The van der Waals surface area contributed by atoms with Gasteiger partial charge in [-0.05, 0) is 62.6 Å². The number of rotatable bonds is 8. The van der Waals surface area contributed by atoms with E-state index < -0.39 is 0 Å². The molecule has 1 N–H and O–H groups in total. The molecule has 0 radical (unpaired) electrons. The van der Waals surface area contributed by atoms with Crippen molar-refractivity contribution in [1.29, 1.82) is 0 Å². The first kappa shape index (κ1) is 18.7. The van der Waals surface area contributed by atoms with Crippen molar-refractivity contribution in [3.8, 4) is 11.1 Å². The molecule has 0 saturated heterocycles. The van der Waals surface area contributed by atoms with Gasteiger partial charge in [0.05, 0.1) is 0 Å². The number of hydrogen-bond acceptors (Lipinski definition) is 3. The maximum atomic E-state index is 12.3. The maximum absolute atomic E-state index is 12.3. The van der Waals surface area contributed by atoms with Gasteiger partial charge in [0, 0.05) is 27.6 Å². The summed E-state index contributed by atoms with van der Waals surface area (Å²) >= 11 is 7.48. The first-order chi connectivity index (χ1) is 11.5. The zero-order valence-electron chi connectivity index (χ0n) is 14.1. The quantitative estimate of drug-likeness (QED) is 0.552. The summed E-state index contributed by atoms with van der Waals surface area (Å²) in [5.74, 6) is -0.0995. The summed E-state index contributed by atoms with van der Waals surface area (Å²) in [5, 5.41) is 5.64. The molecule has 1 heterocycles. The molecule has 3 nitrogen and oxygen atoms in total. The average Bonchev–Trinajstić information content (AvgIpc) is 3.03. The predicted molar refractivity (Wildman–Crippen MR) is 105 cm³/mol. The van der Waals surface area contributed by atoms with E-state index in [4.69, 9.17) is 11.6 Å². The molecule has 2 aromatic rings. The van der Waals surface area contributed by atoms with E-state index in [1.807, 2.05) is 35.7 Å². The van der Waals surface area contributed by atoms with Crippen LogP contribution in [-0.4, -0.2) is 38.0 Å². The van der Waals surface area contributed by atoms with Gasteiger partial charge in [-0.25, -0.2) is 0 Å². The molecule has 0 atom stereocenters. The Kier molecular flexibility index (Phi) is 7.03. The van der Waals surface area contributed by atoms with Gasteiger partial charge < -0.3 is 10.2 Å². The second-order valence-electron chi connectivity index (χ2n) is 5.92. The molecular weight excluding hydrogens is 340 g/mol. The summed E-state index contributed by atoms with van der Waals surface area (Å²) in [7, 11) is 4.10. The maximum Gasteiger partial charge on any atom is 0.252 e. The van der Waals surface area contributed by atoms with Crippen LogP contribution in [0.4, 0.5) is 0 Å². The highest BCUT2D eigenvalue weighted by atomic mass is 35.5. The summed E-state index contributed by atoms with van der Waals surface area (Å²) in [4.78, 5) is 15.4. The standard InChI is InChI=1S/C19H23ClN2OS/c1-14(19(23)21-11-4-5-12-22(2)3)18-17(10-13-24-18)15-6-8-16(20)9-7-15/h6-10,13H,1,4-5,11-12H2,2-3H3,(H,21,23). The molecule has 1 aromatic heterocycles. The minimum Gasteiger partial charge on any atom is -0.352 e. The third kappa shape index (κ3) is 5.20. The van der Waals surface area contributed by atoms with Gasteiger partial charge in [0.2, 0.25) is 0 Å². The fourth-order valence-electron chi connectivity index (χ4n) is 2.36. The summed E-state index contributed by atoms with van der Waals surface area (Å²) < 4.78 is 0. The highest BCUT2D eigenvalue weighted by Gasteiger charge is 2.15. The Labute approximate surface area is 152 Å². The van der Waals surface area contributed by atoms with Gasteiger partial charge in [-0.15, -0.1) is 11.3 Å². The minimum atomic E-state index is -0.0995. The Bertz CT molecular complexity index is 692. The van der Waals surface area contributed by atoms with Gasteiger partial charge >= 0.3 is 0 Å². The van der Waals surface area contributed by atoms with E-state index in [0.29, 0.717) is 17.1 Å². The van der Waals surface area contributed by atoms with Crippen molar-refractivity contribution in [2.24, 2.45) is 0 Å². The third-order valence-corrected chi connectivity index (χ3v) is 4.91. The molecule has 0 aliphatic heterocycles. The van der Waals surface area contributed by atoms with Crippen LogP contribution in [0.1, 0.15) is 17.7 Å². The normalized spacial score (nSPS) is 10.8. The van der Waals surface area contributed by atoms with Crippen LogP contribution in [0, 0.1) is 0 Å². The smallest absolute Gasteiger partial charge is 0.252 e. The van der Waals surface area contributed by atoms with E-state index >= 15 is 0 Å². The monoisotopic (exact) mass is 362 g/mol. The van der Waals surface area contributed by atoms with E-state index in [2.05, 4.69) is 30.9 Å². The van der Waals surface area contributed by atoms with E-state index in [1.165, 1.54) is 11.3 Å². The molecule has 5 heteroatoms. The lowest BCUT2D eigenvalue weighted by Crippen LogP contribution is -2.25. The Hall–Kier alpha value is -1.62. The van der Waals surface area contributed by atoms with Gasteiger partial charge in [-0.1, -0.05) is 30.3 Å². The highest BCUT2D eigenvalue weighted by molar-refractivity contribution is 7.12. The van der Waals surface area contributed by atoms with E-state index in [9.17, 15) is 4.79 Å². The van der Waals surface area contributed by atoms with E-state index in [-0.39, 0.29) is 5.91 Å². The first-order valence-corrected chi connectivity index (χ1v) is 9.20. The Balaban J connectivity index is 1.96. The number of thiophene rings is 1. The van der Waals surface area contributed by atoms with Gasteiger partial charge in [-0.3, -0.25) is 4.79 Å². The SMILES string of the molecule is C=C(C(=O)NCCCCN(C)C)c1sccc1-c1ccc(Cl)cc1. The molecular formula is C19H23ClN2OS. The van der Waals surface area contributed by atoms with Gasteiger partial charge in [0.1, 0.15) is 0 Å². The molecule has 24 heavy (non-hydrogen) atoms. The van der Waals surface area contributed by atoms with Gasteiger partial charge in [0.25, 0.3) is 5.91 Å². The second kappa shape index (κ2) is 9.02. The number of unbranched alkanes of at least 4 members (excludes halogenated alkanes) is 1. The molecule has 0 unspecified atom stereocenters. The van der Waals surface area contributed by atoms with Crippen LogP contribution in [0.5, 0.6) is 0 Å². The van der Waals surface area contributed by atoms with Crippen LogP contribution in [0.3, 0.4) is 0 Å². The minimum absolute atomic E-state index is 0.0995. The molecule has 0 aliphatic carbocycles. The molecule has 0 aliphatic rings. The molecule has 0 saturated carbocycles. The van der Waals surface area contributed by atoms with Gasteiger partial charge in [0.15, 0.2) is 0 Å². The Morgan fingerprint density at radius 2 is 1.92 bits per heavy atom. The number of halogens is 1. The van der Waals surface area contributed by atoms with E-state index in [0.717, 1.165) is 35.4 Å². The lowest BCUT2D eigenvalue weighted by atomic mass is 10.0. The Morgan fingerprint density at radius 3 is 2.58 bits per heavy atom. The lowest BCUT2D eigenvalue weighted by Gasteiger charge is -2.11. The zero-order chi connectivity index (χ0) is 17.5. The number of carbonyl (C=O) groups is 1. The highest BCUT2D eigenvalue weighted by Crippen LogP contribution is 2.33. The van der Waals surface area contributed by atoms with Crippen LogP contribution in [0.25, 0.3) is 16.7 Å². The van der Waals surface area contributed by atoms with Crippen molar-refractivity contribution in [2.75, 3.05) is 27.2 Å². The number of nitrogens with one attached hydrogen (secondary N) is 1. The molecule has 0 bridgehead atoms. The Morgan fingerprint density at radius 1 is 1.21 bits per heavy atom. The van der Waals surface area contributed by atoms with Crippen molar-refractivity contribution >= 4 is 34.4 Å². The second-order valence-corrected chi connectivity index (χ2v) is 7.27. The van der Waals surface area contributed by atoms with Crippen molar-refractivity contribution in [1.82, 2.24) is 10.2 Å². The van der Waals surface area contributed by atoms with Crippen LogP contribution in [0.2, 0.25) is 5.02 Å². The molecule has 1 amide bonds. The number of carbonyl (C=O) groups excluding carboxylic acids is 1.